The van der Waals surface area contributed by atoms with Crippen LogP contribution in [0.15, 0.2) is 63.9 Å². The summed E-state index contributed by atoms with van der Waals surface area (Å²) >= 11 is 0. The fourth-order valence-electron chi connectivity index (χ4n) is 1.51. The SMILES string of the molecule is Cc1ccccc1/C=N\S(=O)(=O)c1ccccc1. The standard InChI is InChI=1S/C14H13NO2S/c1-12-7-5-6-8-13(12)11-15-18(16,17)14-9-3-2-4-10-14/h2-11H,1H3/b15-11-. The molecule has 2 rings (SSSR count). The van der Waals surface area contributed by atoms with E-state index in [1.165, 1.54) is 18.3 Å². The molecule has 0 bridgehead atoms. The molecule has 0 heterocycles. The lowest BCUT2D eigenvalue weighted by Crippen LogP contribution is -1.98. The lowest BCUT2D eigenvalue weighted by Gasteiger charge is -1.99. The third-order valence-electron chi connectivity index (χ3n) is 2.56. The van der Waals surface area contributed by atoms with E-state index in [9.17, 15) is 8.42 Å². The smallest absolute Gasteiger partial charge is 0.199 e. The highest BCUT2D eigenvalue weighted by Crippen LogP contribution is 2.12. The van der Waals surface area contributed by atoms with Gasteiger partial charge in [0.15, 0.2) is 0 Å². The Labute approximate surface area is 107 Å². The van der Waals surface area contributed by atoms with Crippen LogP contribution in [0.2, 0.25) is 0 Å². The van der Waals surface area contributed by atoms with Crippen LogP contribution < -0.4 is 0 Å². The minimum Gasteiger partial charge on any atom is -0.199 e. The average molecular weight is 259 g/mol. The number of sulfonamides is 1. The minimum atomic E-state index is -3.61. The molecule has 0 saturated carbocycles. The van der Waals surface area contributed by atoms with Crippen LogP contribution in [-0.2, 0) is 10.0 Å². The first-order valence-electron chi connectivity index (χ1n) is 5.50. The topological polar surface area (TPSA) is 46.5 Å². The Morgan fingerprint density at radius 1 is 0.944 bits per heavy atom. The van der Waals surface area contributed by atoms with Gasteiger partial charge in [0.2, 0.25) is 0 Å². The van der Waals surface area contributed by atoms with Gasteiger partial charge in [-0.2, -0.15) is 12.8 Å². The zero-order valence-electron chi connectivity index (χ0n) is 9.95. The highest BCUT2D eigenvalue weighted by Gasteiger charge is 2.10. The van der Waals surface area contributed by atoms with Gasteiger partial charge in [0, 0.05) is 6.21 Å². The third kappa shape index (κ3) is 2.84. The lowest BCUT2D eigenvalue weighted by atomic mass is 10.1. The van der Waals surface area contributed by atoms with Crippen molar-refractivity contribution in [2.45, 2.75) is 11.8 Å². The molecule has 0 fully saturated rings. The molecule has 0 N–H and O–H groups in total. The highest BCUT2D eigenvalue weighted by molar-refractivity contribution is 7.90. The van der Waals surface area contributed by atoms with E-state index >= 15 is 0 Å². The van der Waals surface area contributed by atoms with Crippen LogP contribution in [0.25, 0.3) is 0 Å². The van der Waals surface area contributed by atoms with Crippen molar-refractivity contribution >= 4 is 16.2 Å². The molecular formula is C14H13NO2S. The number of aryl methyl sites for hydroxylation is 1. The van der Waals surface area contributed by atoms with E-state index in [4.69, 9.17) is 0 Å². The Balaban J connectivity index is 2.32. The van der Waals surface area contributed by atoms with Gasteiger partial charge in [-0.25, -0.2) is 0 Å². The summed E-state index contributed by atoms with van der Waals surface area (Å²) in [5.41, 5.74) is 1.79. The van der Waals surface area contributed by atoms with Crippen molar-refractivity contribution in [1.82, 2.24) is 0 Å². The van der Waals surface area contributed by atoms with Gasteiger partial charge < -0.3 is 0 Å². The zero-order chi connectivity index (χ0) is 13.0. The monoisotopic (exact) mass is 259 g/mol. The predicted octanol–water partition coefficient (Wildman–Crippen LogP) is 2.80. The second kappa shape index (κ2) is 5.14. The lowest BCUT2D eigenvalue weighted by molar-refractivity contribution is 0.598. The Morgan fingerprint density at radius 2 is 1.56 bits per heavy atom. The van der Waals surface area contributed by atoms with E-state index in [-0.39, 0.29) is 4.90 Å². The second-order valence-corrected chi connectivity index (χ2v) is 5.51. The van der Waals surface area contributed by atoms with Crippen molar-refractivity contribution in [3.8, 4) is 0 Å². The van der Waals surface area contributed by atoms with Crippen LogP contribution in [0.4, 0.5) is 0 Å². The van der Waals surface area contributed by atoms with E-state index in [1.54, 1.807) is 18.2 Å². The summed E-state index contributed by atoms with van der Waals surface area (Å²) in [5, 5.41) is 0. The molecule has 0 unspecified atom stereocenters. The van der Waals surface area contributed by atoms with Crippen LogP contribution in [-0.4, -0.2) is 14.6 Å². The minimum absolute atomic E-state index is 0.204. The fraction of sp³-hybridized carbons (Fsp3) is 0.0714. The maximum Gasteiger partial charge on any atom is 0.282 e. The van der Waals surface area contributed by atoms with Crippen molar-refractivity contribution in [1.29, 1.82) is 0 Å². The number of nitrogens with zero attached hydrogens (tertiary/aromatic N) is 1. The molecule has 0 saturated heterocycles. The van der Waals surface area contributed by atoms with Gasteiger partial charge in [0.1, 0.15) is 0 Å². The zero-order valence-corrected chi connectivity index (χ0v) is 10.8. The van der Waals surface area contributed by atoms with E-state index in [0.29, 0.717) is 0 Å². The van der Waals surface area contributed by atoms with Gasteiger partial charge >= 0.3 is 0 Å². The van der Waals surface area contributed by atoms with Gasteiger partial charge in [-0.1, -0.05) is 42.5 Å². The number of hydrogen-bond acceptors (Lipinski definition) is 2. The molecule has 3 nitrogen and oxygen atoms in total. The Morgan fingerprint density at radius 3 is 2.22 bits per heavy atom. The Hall–Kier alpha value is -1.94. The molecule has 0 amide bonds. The molecule has 0 aliphatic heterocycles. The van der Waals surface area contributed by atoms with Crippen LogP contribution in [0.5, 0.6) is 0 Å². The first-order valence-corrected chi connectivity index (χ1v) is 6.95. The molecule has 0 atom stereocenters. The maximum absolute atomic E-state index is 11.9. The van der Waals surface area contributed by atoms with Crippen LogP contribution >= 0.6 is 0 Å². The predicted molar refractivity (Wildman–Crippen MR) is 72.4 cm³/mol. The Bertz CT molecular complexity index is 661. The van der Waals surface area contributed by atoms with E-state index in [2.05, 4.69) is 4.40 Å². The fourth-order valence-corrected chi connectivity index (χ4v) is 2.39. The van der Waals surface area contributed by atoms with Crippen LogP contribution in [0, 0.1) is 6.92 Å². The molecule has 0 aromatic heterocycles. The second-order valence-electron chi connectivity index (χ2n) is 3.88. The molecule has 0 spiro atoms. The van der Waals surface area contributed by atoms with E-state index in [1.807, 2.05) is 31.2 Å². The van der Waals surface area contributed by atoms with Gasteiger partial charge in [-0.3, -0.25) is 0 Å². The summed E-state index contributed by atoms with van der Waals surface area (Å²) in [7, 11) is -3.61. The van der Waals surface area contributed by atoms with E-state index in [0.717, 1.165) is 11.1 Å². The summed E-state index contributed by atoms with van der Waals surface area (Å²) in [4.78, 5) is 0.204. The largest absolute Gasteiger partial charge is 0.282 e. The molecule has 4 heteroatoms. The summed E-state index contributed by atoms with van der Waals surface area (Å²) in [6.07, 6.45) is 1.39. The molecule has 18 heavy (non-hydrogen) atoms. The number of hydrogen-bond donors (Lipinski definition) is 0. The Kier molecular flexibility index (Phi) is 3.58. The first-order chi connectivity index (χ1) is 8.59. The van der Waals surface area contributed by atoms with Crippen molar-refractivity contribution < 1.29 is 8.42 Å². The average Bonchev–Trinajstić information content (AvgIpc) is 2.39. The molecule has 2 aromatic rings. The van der Waals surface area contributed by atoms with Gasteiger partial charge in [0.25, 0.3) is 10.0 Å². The molecule has 0 aliphatic rings. The third-order valence-corrected chi connectivity index (χ3v) is 3.81. The van der Waals surface area contributed by atoms with Crippen molar-refractivity contribution in [3.05, 3.63) is 65.7 Å². The van der Waals surface area contributed by atoms with Crippen molar-refractivity contribution in [2.75, 3.05) is 0 Å². The first kappa shape index (κ1) is 12.5. The van der Waals surface area contributed by atoms with Gasteiger partial charge in [-0.05, 0) is 30.2 Å². The molecular weight excluding hydrogens is 246 g/mol. The number of benzene rings is 2. The summed E-state index contributed by atoms with van der Waals surface area (Å²) in [6, 6.07) is 15.7. The van der Waals surface area contributed by atoms with E-state index < -0.39 is 10.0 Å². The highest BCUT2D eigenvalue weighted by atomic mass is 32.2. The summed E-state index contributed by atoms with van der Waals surface area (Å²) in [6.45, 7) is 1.91. The molecule has 0 radical (unpaired) electrons. The molecule has 0 aliphatic carbocycles. The van der Waals surface area contributed by atoms with Crippen LogP contribution in [0.3, 0.4) is 0 Å². The molecule has 92 valence electrons. The van der Waals surface area contributed by atoms with Gasteiger partial charge in [-0.15, -0.1) is 0 Å². The van der Waals surface area contributed by atoms with Crippen molar-refractivity contribution in [2.24, 2.45) is 4.40 Å². The summed E-state index contributed by atoms with van der Waals surface area (Å²) < 4.78 is 27.5. The van der Waals surface area contributed by atoms with Gasteiger partial charge in [0.05, 0.1) is 4.90 Å². The molecule has 2 aromatic carbocycles. The number of rotatable bonds is 3. The maximum atomic E-state index is 11.9. The normalized spacial score (nSPS) is 11.8. The summed E-state index contributed by atoms with van der Waals surface area (Å²) in [5.74, 6) is 0. The van der Waals surface area contributed by atoms with Crippen molar-refractivity contribution in [3.63, 3.8) is 0 Å². The van der Waals surface area contributed by atoms with Crippen LogP contribution in [0.1, 0.15) is 11.1 Å². The quantitative estimate of drug-likeness (QED) is 0.796.